The summed E-state index contributed by atoms with van der Waals surface area (Å²) in [6.45, 7) is 16.3. The predicted molar refractivity (Wildman–Crippen MR) is 167 cm³/mol. The van der Waals surface area contributed by atoms with Crippen LogP contribution in [-0.2, 0) is 34.5 Å². The standard InChI is InChI=1S/C38H44O2/c1-35(2,23-26-10-8-12-31(39)20-26)28-14-16-29(17-15-28)38(7)25-37(5,6)33-19-18-30(22-34(33)38)36(3,4)24-27-11-9-13-32(40)21-27/h8-22,39-40H,23-25H2,1-7H3. The van der Waals surface area contributed by atoms with Gasteiger partial charge < -0.3 is 10.2 Å². The van der Waals surface area contributed by atoms with Gasteiger partial charge in [-0.25, -0.2) is 0 Å². The molecular formula is C38H44O2. The van der Waals surface area contributed by atoms with E-state index in [1.54, 1.807) is 12.1 Å². The van der Waals surface area contributed by atoms with E-state index in [4.69, 9.17) is 0 Å². The molecule has 0 fully saturated rings. The molecule has 0 aromatic heterocycles. The van der Waals surface area contributed by atoms with E-state index in [2.05, 4.69) is 103 Å². The van der Waals surface area contributed by atoms with Crippen LogP contribution < -0.4 is 0 Å². The van der Waals surface area contributed by atoms with E-state index in [1.165, 1.54) is 27.8 Å². The third-order valence-corrected chi connectivity index (χ3v) is 9.34. The molecule has 208 valence electrons. The molecule has 0 radical (unpaired) electrons. The monoisotopic (exact) mass is 532 g/mol. The molecule has 1 aliphatic carbocycles. The van der Waals surface area contributed by atoms with Gasteiger partial charge in [-0.1, -0.05) is 115 Å². The molecular weight excluding hydrogens is 488 g/mol. The van der Waals surface area contributed by atoms with Crippen molar-refractivity contribution in [3.8, 4) is 11.5 Å². The minimum absolute atomic E-state index is 0.0524. The summed E-state index contributed by atoms with van der Waals surface area (Å²) in [7, 11) is 0. The van der Waals surface area contributed by atoms with E-state index in [1.807, 2.05) is 24.3 Å². The van der Waals surface area contributed by atoms with Crippen LogP contribution in [0.5, 0.6) is 11.5 Å². The van der Waals surface area contributed by atoms with Gasteiger partial charge in [0.25, 0.3) is 0 Å². The SMILES string of the molecule is CC(C)(Cc1cccc(O)c1)c1ccc(C2(C)CC(C)(C)c3ccc(C(C)(C)Cc4cccc(O)c4)cc32)cc1. The zero-order valence-corrected chi connectivity index (χ0v) is 25.2. The number of fused-ring (bicyclic) bond motifs is 1. The number of benzene rings is 4. The van der Waals surface area contributed by atoms with Crippen LogP contribution in [-0.4, -0.2) is 10.2 Å². The lowest BCUT2D eigenvalue weighted by Crippen LogP contribution is -2.25. The quantitative estimate of drug-likeness (QED) is 0.249. The summed E-state index contributed by atoms with van der Waals surface area (Å²) in [5.41, 5.74) is 9.06. The van der Waals surface area contributed by atoms with E-state index in [0.717, 1.165) is 30.4 Å². The van der Waals surface area contributed by atoms with Crippen LogP contribution in [0, 0.1) is 0 Å². The highest BCUT2D eigenvalue weighted by atomic mass is 16.3. The summed E-state index contributed by atoms with van der Waals surface area (Å²) in [5.74, 6) is 0.647. The first-order chi connectivity index (χ1) is 18.7. The van der Waals surface area contributed by atoms with Crippen molar-refractivity contribution in [3.05, 3.63) is 130 Å². The first-order valence-corrected chi connectivity index (χ1v) is 14.5. The van der Waals surface area contributed by atoms with Gasteiger partial charge in [0, 0.05) is 5.41 Å². The molecule has 40 heavy (non-hydrogen) atoms. The highest BCUT2D eigenvalue weighted by Crippen LogP contribution is 2.53. The molecule has 0 aliphatic heterocycles. The number of hydrogen-bond donors (Lipinski definition) is 2. The average molecular weight is 533 g/mol. The van der Waals surface area contributed by atoms with Crippen molar-refractivity contribution in [2.45, 2.75) is 89.4 Å². The van der Waals surface area contributed by atoms with Crippen LogP contribution in [0.2, 0.25) is 0 Å². The molecule has 0 bridgehead atoms. The lowest BCUT2D eigenvalue weighted by Gasteiger charge is -2.32. The van der Waals surface area contributed by atoms with Crippen molar-refractivity contribution in [1.82, 2.24) is 0 Å². The molecule has 4 aromatic carbocycles. The highest BCUT2D eigenvalue weighted by Gasteiger charge is 2.46. The third-order valence-electron chi connectivity index (χ3n) is 9.34. The Morgan fingerprint density at radius 1 is 0.600 bits per heavy atom. The van der Waals surface area contributed by atoms with Crippen molar-refractivity contribution in [3.63, 3.8) is 0 Å². The van der Waals surface area contributed by atoms with Crippen LogP contribution in [0.25, 0.3) is 0 Å². The zero-order valence-electron chi connectivity index (χ0n) is 25.2. The maximum Gasteiger partial charge on any atom is 0.115 e. The van der Waals surface area contributed by atoms with E-state index in [9.17, 15) is 10.2 Å². The molecule has 0 heterocycles. The second-order valence-corrected chi connectivity index (χ2v) is 14.2. The Morgan fingerprint density at radius 3 is 1.62 bits per heavy atom. The first kappa shape index (κ1) is 28.0. The van der Waals surface area contributed by atoms with Gasteiger partial charge in [-0.3, -0.25) is 0 Å². The molecule has 0 saturated heterocycles. The van der Waals surface area contributed by atoms with Crippen molar-refractivity contribution in [1.29, 1.82) is 0 Å². The fourth-order valence-corrected chi connectivity index (χ4v) is 7.19. The molecule has 5 rings (SSSR count). The van der Waals surface area contributed by atoms with Crippen molar-refractivity contribution < 1.29 is 10.2 Å². The average Bonchev–Trinajstić information content (AvgIpc) is 3.09. The largest absolute Gasteiger partial charge is 0.508 e. The number of phenolic OH excluding ortho intramolecular Hbond substituents is 2. The van der Waals surface area contributed by atoms with Crippen molar-refractivity contribution >= 4 is 0 Å². The molecule has 1 atom stereocenters. The first-order valence-electron chi connectivity index (χ1n) is 14.5. The summed E-state index contributed by atoms with van der Waals surface area (Å²) >= 11 is 0. The van der Waals surface area contributed by atoms with E-state index in [-0.39, 0.29) is 21.7 Å². The Bertz CT molecular complexity index is 1520. The second-order valence-electron chi connectivity index (χ2n) is 14.2. The topological polar surface area (TPSA) is 40.5 Å². The molecule has 2 heteroatoms. The molecule has 2 nitrogen and oxygen atoms in total. The number of hydrogen-bond acceptors (Lipinski definition) is 2. The third kappa shape index (κ3) is 5.29. The minimum Gasteiger partial charge on any atom is -0.508 e. The smallest absolute Gasteiger partial charge is 0.115 e. The van der Waals surface area contributed by atoms with E-state index in [0.29, 0.717) is 11.5 Å². The van der Waals surface area contributed by atoms with Crippen LogP contribution in [0.4, 0.5) is 0 Å². The van der Waals surface area contributed by atoms with E-state index >= 15 is 0 Å². The van der Waals surface area contributed by atoms with E-state index < -0.39 is 0 Å². The van der Waals surface area contributed by atoms with Crippen LogP contribution in [0.1, 0.15) is 93.8 Å². The summed E-state index contributed by atoms with van der Waals surface area (Å²) in [6.07, 6.45) is 2.80. The summed E-state index contributed by atoms with van der Waals surface area (Å²) in [4.78, 5) is 0. The lowest BCUT2D eigenvalue weighted by atomic mass is 9.72. The van der Waals surface area contributed by atoms with Gasteiger partial charge in [0.05, 0.1) is 0 Å². The van der Waals surface area contributed by atoms with Gasteiger partial charge in [0.2, 0.25) is 0 Å². The Balaban J connectivity index is 1.47. The van der Waals surface area contributed by atoms with Gasteiger partial charge in [-0.15, -0.1) is 0 Å². The fraction of sp³-hybridized carbons (Fsp3) is 0.368. The van der Waals surface area contributed by atoms with Gasteiger partial charge in [0.15, 0.2) is 0 Å². The lowest BCUT2D eigenvalue weighted by molar-refractivity contribution is 0.424. The Morgan fingerprint density at radius 2 is 1.10 bits per heavy atom. The number of aromatic hydroxyl groups is 2. The molecule has 1 aliphatic rings. The normalized spacial score (nSPS) is 18.5. The maximum atomic E-state index is 10.0. The van der Waals surface area contributed by atoms with Crippen LogP contribution in [0.15, 0.2) is 91.0 Å². The Hall–Kier alpha value is -3.52. The Labute approximate surface area is 240 Å². The van der Waals surface area contributed by atoms with Crippen LogP contribution >= 0.6 is 0 Å². The predicted octanol–water partition coefficient (Wildman–Crippen LogP) is 9.13. The van der Waals surface area contributed by atoms with Gasteiger partial charge >= 0.3 is 0 Å². The van der Waals surface area contributed by atoms with Crippen molar-refractivity contribution in [2.75, 3.05) is 0 Å². The fourth-order valence-electron chi connectivity index (χ4n) is 7.19. The summed E-state index contributed by atoms with van der Waals surface area (Å²) in [6, 6.07) is 31.7. The molecule has 0 saturated carbocycles. The summed E-state index contributed by atoms with van der Waals surface area (Å²) in [5, 5.41) is 19.9. The Kier molecular flexibility index (Phi) is 6.89. The maximum absolute atomic E-state index is 10.0. The second kappa shape index (κ2) is 9.84. The highest BCUT2D eigenvalue weighted by molar-refractivity contribution is 5.54. The molecule has 4 aromatic rings. The molecule has 0 spiro atoms. The van der Waals surface area contributed by atoms with Gasteiger partial charge in [0.1, 0.15) is 11.5 Å². The van der Waals surface area contributed by atoms with Crippen molar-refractivity contribution in [2.24, 2.45) is 0 Å². The van der Waals surface area contributed by atoms with Gasteiger partial charge in [-0.05, 0) is 98.7 Å². The number of phenols is 2. The molecule has 2 N–H and O–H groups in total. The number of rotatable bonds is 7. The zero-order chi connectivity index (χ0) is 28.9. The van der Waals surface area contributed by atoms with Crippen LogP contribution in [0.3, 0.4) is 0 Å². The van der Waals surface area contributed by atoms with Gasteiger partial charge in [-0.2, -0.15) is 0 Å². The molecule has 1 unspecified atom stereocenters. The summed E-state index contributed by atoms with van der Waals surface area (Å²) < 4.78 is 0. The minimum atomic E-state index is -0.0795. The molecule has 0 amide bonds.